The molecule has 0 amide bonds. The average Bonchev–Trinajstić information content (AvgIpc) is 2.49. The van der Waals surface area contributed by atoms with E-state index in [9.17, 15) is 9.90 Å². The van der Waals surface area contributed by atoms with Crippen molar-refractivity contribution in [2.45, 2.75) is 19.0 Å². The van der Waals surface area contributed by atoms with Crippen LogP contribution in [-0.2, 0) is 17.8 Å². The molecule has 0 saturated heterocycles. The maximum absolute atomic E-state index is 11.7. The fourth-order valence-corrected chi connectivity index (χ4v) is 3.17. The highest BCUT2D eigenvalue weighted by Crippen LogP contribution is 2.31. The van der Waals surface area contributed by atoms with Gasteiger partial charge in [-0.05, 0) is 35.2 Å². The molecule has 3 rings (SSSR count). The number of carbonyl (C=O) groups is 1. The second-order valence-electron chi connectivity index (χ2n) is 5.29. The lowest BCUT2D eigenvalue weighted by atomic mass is 9.92. The zero-order chi connectivity index (χ0) is 14.8. The Labute approximate surface area is 132 Å². The molecular weight excluding hydrogens is 330 g/mol. The molecule has 3 nitrogen and oxygen atoms in total. The smallest absolute Gasteiger partial charge is 0.325 e. The molecule has 1 aliphatic heterocycles. The molecule has 2 aromatic rings. The van der Waals surface area contributed by atoms with Crippen molar-refractivity contribution < 1.29 is 9.90 Å². The van der Waals surface area contributed by atoms with Crippen LogP contribution in [0.2, 0.25) is 0 Å². The summed E-state index contributed by atoms with van der Waals surface area (Å²) in [5.41, 5.74) is 3.20. The number of nitrogens with zero attached hydrogens (tertiary/aromatic N) is 1. The highest BCUT2D eigenvalue weighted by atomic mass is 79.9. The molecule has 0 radical (unpaired) electrons. The molecule has 0 aromatic heterocycles. The van der Waals surface area contributed by atoms with Gasteiger partial charge >= 0.3 is 5.97 Å². The first kappa shape index (κ1) is 14.3. The predicted octanol–water partition coefficient (Wildman–Crippen LogP) is 3.63. The maximum Gasteiger partial charge on any atom is 0.325 e. The molecule has 2 aromatic carbocycles. The third-order valence-corrected chi connectivity index (χ3v) is 4.44. The van der Waals surface area contributed by atoms with E-state index < -0.39 is 12.0 Å². The molecule has 1 unspecified atom stereocenters. The van der Waals surface area contributed by atoms with Gasteiger partial charge in [-0.2, -0.15) is 0 Å². The van der Waals surface area contributed by atoms with Crippen LogP contribution in [-0.4, -0.2) is 22.5 Å². The molecule has 1 N–H and O–H groups in total. The Bertz CT molecular complexity index is 654. The Hall–Kier alpha value is -1.65. The fraction of sp³-hybridized carbons (Fsp3) is 0.235. The monoisotopic (exact) mass is 345 g/mol. The lowest BCUT2D eigenvalue weighted by Crippen LogP contribution is -2.39. The van der Waals surface area contributed by atoms with Crippen LogP contribution in [0.15, 0.2) is 53.0 Å². The quantitative estimate of drug-likeness (QED) is 0.923. The van der Waals surface area contributed by atoms with E-state index in [1.165, 1.54) is 0 Å². The first-order valence-electron chi connectivity index (χ1n) is 6.94. The van der Waals surface area contributed by atoms with E-state index >= 15 is 0 Å². The Morgan fingerprint density at radius 2 is 1.90 bits per heavy atom. The number of carboxylic acids is 1. The van der Waals surface area contributed by atoms with Gasteiger partial charge in [0.25, 0.3) is 0 Å². The molecule has 1 aliphatic rings. The molecule has 108 valence electrons. The van der Waals surface area contributed by atoms with Gasteiger partial charge in [-0.15, -0.1) is 0 Å². The third kappa shape index (κ3) is 3.01. The second-order valence-corrected chi connectivity index (χ2v) is 6.20. The third-order valence-electron chi connectivity index (χ3n) is 3.92. The zero-order valence-corrected chi connectivity index (χ0v) is 13.1. The SMILES string of the molecule is O=C(O)C1c2ccccc2CCN1Cc1ccc(Br)cc1. The van der Waals surface area contributed by atoms with Crippen molar-refractivity contribution in [1.29, 1.82) is 0 Å². The van der Waals surface area contributed by atoms with Crippen LogP contribution in [0.5, 0.6) is 0 Å². The molecule has 1 atom stereocenters. The number of hydrogen-bond acceptors (Lipinski definition) is 2. The summed E-state index contributed by atoms with van der Waals surface area (Å²) in [6.45, 7) is 1.42. The van der Waals surface area contributed by atoms with E-state index in [0.717, 1.165) is 34.1 Å². The molecule has 0 aliphatic carbocycles. The molecule has 4 heteroatoms. The number of fused-ring (bicyclic) bond motifs is 1. The topological polar surface area (TPSA) is 40.5 Å². The van der Waals surface area contributed by atoms with Crippen LogP contribution in [0, 0.1) is 0 Å². The van der Waals surface area contributed by atoms with Gasteiger partial charge in [0, 0.05) is 17.6 Å². The molecule has 0 fully saturated rings. The Balaban J connectivity index is 1.88. The van der Waals surface area contributed by atoms with Crippen molar-refractivity contribution in [3.63, 3.8) is 0 Å². The Morgan fingerprint density at radius 3 is 2.62 bits per heavy atom. The van der Waals surface area contributed by atoms with Gasteiger partial charge in [0.15, 0.2) is 0 Å². The summed E-state index contributed by atoms with van der Waals surface area (Å²) in [5.74, 6) is -0.778. The van der Waals surface area contributed by atoms with Gasteiger partial charge < -0.3 is 5.11 Å². The Kier molecular flexibility index (Phi) is 4.08. The minimum absolute atomic E-state index is 0.557. The van der Waals surface area contributed by atoms with Crippen molar-refractivity contribution in [3.8, 4) is 0 Å². The fourth-order valence-electron chi connectivity index (χ4n) is 2.90. The van der Waals surface area contributed by atoms with Gasteiger partial charge in [-0.3, -0.25) is 9.69 Å². The summed E-state index contributed by atoms with van der Waals surface area (Å²) >= 11 is 3.42. The predicted molar refractivity (Wildman–Crippen MR) is 85.1 cm³/mol. The number of carboxylic acid groups (broad SMARTS) is 1. The van der Waals surface area contributed by atoms with Gasteiger partial charge in [-0.25, -0.2) is 0 Å². The average molecular weight is 346 g/mol. The molecule has 0 bridgehead atoms. The Morgan fingerprint density at radius 1 is 1.19 bits per heavy atom. The first-order chi connectivity index (χ1) is 10.1. The van der Waals surface area contributed by atoms with Crippen LogP contribution in [0.1, 0.15) is 22.7 Å². The molecule has 0 saturated carbocycles. The van der Waals surface area contributed by atoms with E-state index in [2.05, 4.69) is 15.9 Å². The van der Waals surface area contributed by atoms with Crippen LogP contribution in [0.3, 0.4) is 0 Å². The molecular formula is C17H16BrNO2. The number of hydrogen-bond donors (Lipinski definition) is 1. The van der Waals surface area contributed by atoms with Gasteiger partial charge in [-0.1, -0.05) is 52.3 Å². The summed E-state index contributed by atoms with van der Waals surface area (Å²) in [7, 11) is 0. The van der Waals surface area contributed by atoms with E-state index in [1.54, 1.807) is 0 Å². The minimum atomic E-state index is -0.778. The van der Waals surface area contributed by atoms with E-state index in [-0.39, 0.29) is 0 Å². The number of aliphatic carboxylic acids is 1. The first-order valence-corrected chi connectivity index (χ1v) is 7.73. The summed E-state index contributed by atoms with van der Waals surface area (Å²) in [6, 6.07) is 15.3. The molecule has 1 heterocycles. The van der Waals surface area contributed by atoms with Crippen LogP contribution < -0.4 is 0 Å². The molecule has 0 spiro atoms. The number of halogens is 1. The van der Waals surface area contributed by atoms with E-state index in [1.807, 2.05) is 53.4 Å². The highest BCUT2D eigenvalue weighted by molar-refractivity contribution is 9.10. The lowest BCUT2D eigenvalue weighted by molar-refractivity contribution is -0.144. The van der Waals surface area contributed by atoms with E-state index in [0.29, 0.717) is 6.54 Å². The summed E-state index contributed by atoms with van der Waals surface area (Å²) in [4.78, 5) is 13.8. The van der Waals surface area contributed by atoms with E-state index in [4.69, 9.17) is 0 Å². The number of benzene rings is 2. The summed E-state index contributed by atoms with van der Waals surface area (Å²) < 4.78 is 1.03. The summed E-state index contributed by atoms with van der Waals surface area (Å²) in [5, 5.41) is 9.63. The maximum atomic E-state index is 11.7. The molecule has 21 heavy (non-hydrogen) atoms. The lowest BCUT2D eigenvalue weighted by Gasteiger charge is -2.34. The standard InChI is InChI=1S/C17H16BrNO2/c18-14-7-5-12(6-8-14)11-19-10-9-13-3-1-2-4-15(13)16(19)17(20)21/h1-8,16H,9-11H2,(H,20,21). The van der Waals surface area contributed by atoms with Gasteiger partial charge in [0.2, 0.25) is 0 Å². The largest absolute Gasteiger partial charge is 0.480 e. The van der Waals surface area contributed by atoms with Gasteiger partial charge in [0.05, 0.1) is 0 Å². The van der Waals surface area contributed by atoms with Crippen molar-refractivity contribution in [3.05, 3.63) is 69.7 Å². The van der Waals surface area contributed by atoms with Gasteiger partial charge in [0.1, 0.15) is 6.04 Å². The van der Waals surface area contributed by atoms with Crippen molar-refractivity contribution >= 4 is 21.9 Å². The summed E-state index contributed by atoms with van der Waals surface area (Å²) in [6.07, 6.45) is 0.899. The minimum Gasteiger partial charge on any atom is -0.480 e. The van der Waals surface area contributed by atoms with Crippen LogP contribution >= 0.6 is 15.9 Å². The number of rotatable bonds is 3. The van der Waals surface area contributed by atoms with Crippen molar-refractivity contribution in [2.75, 3.05) is 6.54 Å². The van der Waals surface area contributed by atoms with Crippen molar-refractivity contribution in [1.82, 2.24) is 4.90 Å². The van der Waals surface area contributed by atoms with Crippen molar-refractivity contribution in [2.24, 2.45) is 0 Å². The van der Waals surface area contributed by atoms with Crippen LogP contribution in [0.25, 0.3) is 0 Å². The highest BCUT2D eigenvalue weighted by Gasteiger charge is 2.32. The van der Waals surface area contributed by atoms with Crippen LogP contribution in [0.4, 0.5) is 0 Å². The second kappa shape index (κ2) is 6.00. The zero-order valence-electron chi connectivity index (χ0n) is 11.5. The normalized spacial score (nSPS) is 18.2.